The summed E-state index contributed by atoms with van der Waals surface area (Å²) >= 11 is 0. The van der Waals surface area contributed by atoms with Gasteiger partial charge in [0.25, 0.3) is 0 Å². The van der Waals surface area contributed by atoms with Crippen LogP contribution in [-0.4, -0.2) is 38.5 Å². The van der Waals surface area contributed by atoms with E-state index in [0.717, 1.165) is 39.3 Å². The third-order valence-corrected chi connectivity index (χ3v) is 4.64. The van der Waals surface area contributed by atoms with E-state index in [9.17, 15) is 0 Å². The first-order chi connectivity index (χ1) is 8.80. The highest BCUT2D eigenvalue weighted by molar-refractivity contribution is 4.85. The van der Waals surface area contributed by atoms with Gasteiger partial charge in [0.05, 0.1) is 26.4 Å². The molecule has 3 fully saturated rings. The van der Waals surface area contributed by atoms with Crippen LogP contribution < -0.4 is 0 Å². The lowest BCUT2D eigenvalue weighted by Crippen LogP contribution is -2.40. The lowest BCUT2D eigenvalue weighted by atomic mass is 9.82. The first-order valence-corrected chi connectivity index (χ1v) is 7.31. The molecule has 0 aromatic rings. The minimum absolute atomic E-state index is 0.0110. The zero-order valence-corrected chi connectivity index (χ0v) is 11.2. The van der Waals surface area contributed by atoms with Crippen LogP contribution in [0.3, 0.4) is 0 Å². The van der Waals surface area contributed by atoms with Gasteiger partial charge in [0, 0.05) is 18.3 Å². The molecule has 1 spiro atoms. The Morgan fingerprint density at radius 2 is 1.61 bits per heavy atom. The van der Waals surface area contributed by atoms with Gasteiger partial charge in [-0.3, -0.25) is 0 Å². The minimum Gasteiger partial charge on any atom is -0.350 e. The molecule has 1 aliphatic carbocycles. The van der Waals surface area contributed by atoms with Crippen LogP contribution in [-0.2, 0) is 18.9 Å². The highest BCUT2D eigenvalue weighted by atomic mass is 16.7. The summed E-state index contributed by atoms with van der Waals surface area (Å²) in [5, 5.41) is 0. The van der Waals surface area contributed by atoms with Gasteiger partial charge in [-0.1, -0.05) is 13.3 Å². The summed E-state index contributed by atoms with van der Waals surface area (Å²) in [5.74, 6) is 0.674. The summed E-state index contributed by atoms with van der Waals surface area (Å²) in [6.45, 7) is 5.23. The van der Waals surface area contributed by atoms with E-state index in [-0.39, 0.29) is 12.1 Å². The second-order valence-corrected chi connectivity index (χ2v) is 5.75. The van der Waals surface area contributed by atoms with E-state index in [2.05, 4.69) is 6.92 Å². The predicted molar refractivity (Wildman–Crippen MR) is 66.1 cm³/mol. The topological polar surface area (TPSA) is 36.9 Å². The molecule has 2 saturated heterocycles. The molecule has 18 heavy (non-hydrogen) atoms. The predicted octanol–water partition coefficient (Wildman–Crippen LogP) is 2.32. The van der Waals surface area contributed by atoms with Gasteiger partial charge >= 0.3 is 0 Å². The summed E-state index contributed by atoms with van der Waals surface area (Å²) in [4.78, 5) is 0. The van der Waals surface area contributed by atoms with Crippen LogP contribution in [0.4, 0.5) is 0 Å². The molecule has 0 amide bonds. The van der Waals surface area contributed by atoms with E-state index in [1.165, 1.54) is 19.3 Å². The smallest absolute Gasteiger partial charge is 0.171 e. The van der Waals surface area contributed by atoms with Gasteiger partial charge in [-0.25, -0.2) is 0 Å². The molecular weight excluding hydrogens is 232 g/mol. The van der Waals surface area contributed by atoms with Crippen LogP contribution in [0.5, 0.6) is 0 Å². The summed E-state index contributed by atoms with van der Waals surface area (Å²) < 4.78 is 23.2. The lowest BCUT2D eigenvalue weighted by molar-refractivity contribution is -0.207. The maximum absolute atomic E-state index is 5.94. The Kier molecular flexibility index (Phi) is 3.89. The van der Waals surface area contributed by atoms with E-state index < -0.39 is 0 Å². The molecule has 104 valence electrons. The van der Waals surface area contributed by atoms with Gasteiger partial charge < -0.3 is 18.9 Å². The van der Waals surface area contributed by atoms with Crippen LogP contribution >= 0.6 is 0 Å². The largest absolute Gasteiger partial charge is 0.350 e. The molecule has 3 rings (SSSR count). The Morgan fingerprint density at radius 1 is 0.889 bits per heavy atom. The van der Waals surface area contributed by atoms with E-state index >= 15 is 0 Å². The molecule has 4 heteroatoms. The third-order valence-electron chi connectivity index (χ3n) is 4.64. The maximum atomic E-state index is 5.94. The minimum atomic E-state index is -0.322. The monoisotopic (exact) mass is 256 g/mol. The van der Waals surface area contributed by atoms with Crippen molar-refractivity contribution in [3.63, 3.8) is 0 Å². The van der Waals surface area contributed by atoms with E-state index in [1.807, 2.05) is 0 Å². The van der Waals surface area contributed by atoms with Crippen molar-refractivity contribution in [1.29, 1.82) is 0 Å². The zero-order chi connectivity index (χ0) is 12.4. The summed E-state index contributed by atoms with van der Waals surface area (Å²) in [6.07, 6.45) is 5.64. The van der Waals surface area contributed by atoms with Crippen LogP contribution in [0.25, 0.3) is 0 Å². The molecule has 3 aliphatic rings. The highest BCUT2D eigenvalue weighted by Crippen LogP contribution is 2.40. The first-order valence-electron chi connectivity index (χ1n) is 7.31. The maximum Gasteiger partial charge on any atom is 0.171 e. The van der Waals surface area contributed by atoms with E-state index in [1.54, 1.807) is 0 Å². The summed E-state index contributed by atoms with van der Waals surface area (Å²) in [6, 6.07) is 0. The Bertz CT molecular complexity index is 269. The fourth-order valence-corrected chi connectivity index (χ4v) is 3.50. The van der Waals surface area contributed by atoms with Gasteiger partial charge in [0.15, 0.2) is 12.1 Å². The van der Waals surface area contributed by atoms with Crippen LogP contribution in [0.15, 0.2) is 0 Å². The van der Waals surface area contributed by atoms with Gasteiger partial charge in [-0.05, 0) is 19.3 Å². The van der Waals surface area contributed by atoms with Gasteiger partial charge in [-0.15, -0.1) is 0 Å². The summed E-state index contributed by atoms with van der Waals surface area (Å²) in [5.41, 5.74) is 0. The van der Waals surface area contributed by atoms with Crippen molar-refractivity contribution in [2.45, 2.75) is 51.1 Å². The molecule has 2 atom stereocenters. The average molecular weight is 256 g/mol. The average Bonchev–Trinajstić information content (AvgIpc) is 3.02. The third kappa shape index (κ3) is 2.44. The molecule has 4 nitrogen and oxygen atoms in total. The molecule has 0 aromatic carbocycles. The van der Waals surface area contributed by atoms with Crippen LogP contribution in [0.2, 0.25) is 0 Å². The van der Waals surface area contributed by atoms with Crippen molar-refractivity contribution in [1.82, 2.24) is 0 Å². The zero-order valence-electron chi connectivity index (χ0n) is 11.2. The molecule has 2 aliphatic heterocycles. The van der Waals surface area contributed by atoms with Crippen molar-refractivity contribution >= 4 is 0 Å². The lowest BCUT2D eigenvalue weighted by Gasteiger charge is -2.37. The summed E-state index contributed by atoms with van der Waals surface area (Å²) in [7, 11) is 0. The van der Waals surface area contributed by atoms with Crippen LogP contribution in [0.1, 0.15) is 39.0 Å². The van der Waals surface area contributed by atoms with Crippen molar-refractivity contribution in [3.05, 3.63) is 0 Å². The fourth-order valence-electron chi connectivity index (χ4n) is 3.50. The highest BCUT2D eigenvalue weighted by Gasteiger charge is 2.44. The Labute approximate surface area is 109 Å². The molecule has 0 aromatic heterocycles. The fraction of sp³-hybridized carbons (Fsp3) is 1.00. The number of ether oxygens (including phenoxy) is 4. The second-order valence-electron chi connectivity index (χ2n) is 5.75. The SMILES string of the molecule is C[C@H]1CCC[C@H](C2OCCO2)CCC12OCCO2. The molecular formula is C14H24O4. The van der Waals surface area contributed by atoms with Crippen molar-refractivity contribution in [3.8, 4) is 0 Å². The quantitative estimate of drug-likeness (QED) is 0.721. The van der Waals surface area contributed by atoms with Gasteiger partial charge in [0.2, 0.25) is 0 Å². The van der Waals surface area contributed by atoms with Crippen molar-refractivity contribution in [2.24, 2.45) is 11.8 Å². The molecule has 0 N–H and O–H groups in total. The second kappa shape index (κ2) is 5.45. The number of rotatable bonds is 1. The van der Waals surface area contributed by atoms with Crippen LogP contribution in [0, 0.1) is 11.8 Å². The molecule has 1 saturated carbocycles. The molecule has 0 radical (unpaired) electrons. The normalized spacial score (nSPS) is 37.8. The Balaban J connectivity index is 1.65. The standard InChI is InChI=1S/C14H24O4/c1-11-3-2-4-12(13-15-7-8-16-13)5-6-14(11)17-9-10-18-14/h11-13H,2-10H2,1H3/t11-,12-/m0/s1. The van der Waals surface area contributed by atoms with E-state index in [0.29, 0.717) is 11.8 Å². The molecule has 0 bridgehead atoms. The number of hydrogen-bond acceptors (Lipinski definition) is 4. The first kappa shape index (κ1) is 12.9. The van der Waals surface area contributed by atoms with Gasteiger partial charge in [-0.2, -0.15) is 0 Å². The Morgan fingerprint density at radius 3 is 2.33 bits per heavy atom. The van der Waals surface area contributed by atoms with E-state index in [4.69, 9.17) is 18.9 Å². The molecule has 0 unspecified atom stereocenters. The van der Waals surface area contributed by atoms with Crippen molar-refractivity contribution in [2.75, 3.05) is 26.4 Å². The van der Waals surface area contributed by atoms with Crippen molar-refractivity contribution < 1.29 is 18.9 Å². The van der Waals surface area contributed by atoms with Gasteiger partial charge in [0.1, 0.15) is 0 Å². The number of hydrogen-bond donors (Lipinski definition) is 0. The molecule has 2 heterocycles. The Hall–Kier alpha value is -0.160.